The average molecular weight is 442 g/mol. The summed E-state index contributed by atoms with van der Waals surface area (Å²) in [5, 5.41) is 7.25. The number of aryl methyl sites for hydroxylation is 1. The van der Waals surface area contributed by atoms with Crippen molar-refractivity contribution in [1.82, 2.24) is 9.78 Å². The lowest BCUT2D eigenvalue weighted by molar-refractivity contribution is 0.102. The van der Waals surface area contributed by atoms with Crippen molar-refractivity contribution < 1.29 is 13.6 Å². The molecule has 2 aromatic carbocycles. The van der Waals surface area contributed by atoms with Gasteiger partial charge in [-0.15, -0.1) is 0 Å². The van der Waals surface area contributed by atoms with Gasteiger partial charge in [-0.3, -0.25) is 4.79 Å². The zero-order chi connectivity index (χ0) is 20.3. The number of hydrogen-bond acceptors (Lipinski definition) is 3. The molecule has 0 aliphatic heterocycles. The Morgan fingerprint density at radius 2 is 1.89 bits per heavy atom. The summed E-state index contributed by atoms with van der Waals surface area (Å²) in [6, 6.07) is 14.1. The quantitative estimate of drug-likeness (QED) is 0.469. The van der Waals surface area contributed by atoms with E-state index >= 15 is 0 Å². The van der Waals surface area contributed by atoms with Crippen LogP contribution in [0.3, 0.4) is 0 Å². The standard InChI is InChI=1S/C19H15Cl2F2N3OS/c1-11-15(17(21)26(25-11)10-12-6-3-2-4-7-12)18(27)24-14-9-5-8-13(20)16(14)28-19(22)23/h2-9,19H,10H2,1H3,(H,24,27). The highest BCUT2D eigenvalue weighted by atomic mass is 35.5. The van der Waals surface area contributed by atoms with Gasteiger partial charge in [-0.1, -0.05) is 71.4 Å². The van der Waals surface area contributed by atoms with Crippen molar-refractivity contribution in [2.75, 3.05) is 5.32 Å². The number of rotatable bonds is 6. The fourth-order valence-corrected chi connectivity index (χ4v) is 3.91. The van der Waals surface area contributed by atoms with Crippen molar-refractivity contribution in [3.8, 4) is 0 Å². The molecule has 0 bridgehead atoms. The van der Waals surface area contributed by atoms with E-state index in [4.69, 9.17) is 23.2 Å². The molecule has 0 spiro atoms. The Balaban J connectivity index is 1.87. The summed E-state index contributed by atoms with van der Waals surface area (Å²) in [6.07, 6.45) is 0. The van der Waals surface area contributed by atoms with Gasteiger partial charge in [0.2, 0.25) is 0 Å². The molecule has 1 amide bonds. The maximum absolute atomic E-state index is 12.8. The molecule has 1 heterocycles. The predicted molar refractivity (Wildman–Crippen MR) is 109 cm³/mol. The molecule has 3 rings (SSSR count). The molecule has 0 radical (unpaired) electrons. The van der Waals surface area contributed by atoms with Crippen LogP contribution in [0, 0.1) is 6.92 Å². The molecule has 0 aliphatic rings. The van der Waals surface area contributed by atoms with Gasteiger partial charge in [0.25, 0.3) is 11.7 Å². The number of alkyl halides is 2. The number of hydrogen-bond donors (Lipinski definition) is 1. The van der Waals surface area contributed by atoms with Crippen molar-refractivity contribution in [1.29, 1.82) is 0 Å². The lowest BCUT2D eigenvalue weighted by Gasteiger charge is -2.12. The number of nitrogens with zero attached hydrogens (tertiary/aromatic N) is 2. The topological polar surface area (TPSA) is 46.9 Å². The lowest BCUT2D eigenvalue weighted by Crippen LogP contribution is -2.14. The van der Waals surface area contributed by atoms with Gasteiger partial charge in [-0.25, -0.2) is 4.68 Å². The first kappa shape index (κ1) is 20.6. The Morgan fingerprint density at radius 1 is 1.18 bits per heavy atom. The third-order valence-electron chi connectivity index (χ3n) is 3.89. The van der Waals surface area contributed by atoms with Crippen LogP contribution >= 0.6 is 35.0 Å². The van der Waals surface area contributed by atoms with E-state index in [0.717, 1.165) is 5.56 Å². The molecule has 4 nitrogen and oxygen atoms in total. The molecule has 0 atom stereocenters. The summed E-state index contributed by atoms with van der Waals surface area (Å²) in [5.41, 5.74) is 1.78. The number of thioether (sulfide) groups is 1. The van der Waals surface area contributed by atoms with E-state index in [1.807, 2.05) is 30.3 Å². The Bertz CT molecular complexity index is 996. The van der Waals surface area contributed by atoms with Gasteiger partial charge in [0.05, 0.1) is 33.4 Å². The number of anilines is 1. The fourth-order valence-electron chi connectivity index (χ4n) is 2.67. The minimum atomic E-state index is -2.67. The number of carbonyl (C=O) groups excluding carboxylic acids is 1. The lowest BCUT2D eigenvalue weighted by atomic mass is 10.2. The van der Waals surface area contributed by atoms with Crippen molar-refractivity contribution in [3.63, 3.8) is 0 Å². The van der Waals surface area contributed by atoms with Crippen LogP contribution in [0.15, 0.2) is 53.4 Å². The van der Waals surface area contributed by atoms with Gasteiger partial charge < -0.3 is 5.32 Å². The Morgan fingerprint density at radius 3 is 2.57 bits per heavy atom. The summed E-state index contributed by atoms with van der Waals surface area (Å²) in [7, 11) is 0. The number of aromatic nitrogens is 2. The van der Waals surface area contributed by atoms with Gasteiger partial charge in [0.1, 0.15) is 5.15 Å². The predicted octanol–water partition coefficient (Wildman–Crippen LogP) is 6.11. The van der Waals surface area contributed by atoms with E-state index in [0.29, 0.717) is 12.2 Å². The van der Waals surface area contributed by atoms with Gasteiger partial charge in [-0.2, -0.15) is 13.9 Å². The first-order chi connectivity index (χ1) is 13.4. The van der Waals surface area contributed by atoms with Crippen LogP contribution in [0.1, 0.15) is 21.6 Å². The molecule has 0 saturated carbocycles. The molecule has 146 valence electrons. The van der Waals surface area contributed by atoms with E-state index in [-0.39, 0.29) is 38.1 Å². The zero-order valence-electron chi connectivity index (χ0n) is 14.6. The van der Waals surface area contributed by atoms with E-state index in [9.17, 15) is 13.6 Å². The molecule has 0 fully saturated rings. The van der Waals surface area contributed by atoms with Crippen LogP contribution in [0.25, 0.3) is 0 Å². The SMILES string of the molecule is Cc1nn(Cc2ccccc2)c(Cl)c1C(=O)Nc1cccc(Cl)c1SC(F)F. The molecule has 9 heteroatoms. The average Bonchev–Trinajstić information content (AvgIpc) is 2.92. The second-order valence-electron chi connectivity index (χ2n) is 5.84. The molecule has 3 aromatic rings. The summed E-state index contributed by atoms with van der Waals surface area (Å²) >= 11 is 12.7. The number of benzene rings is 2. The number of nitrogens with one attached hydrogen (secondary N) is 1. The Hall–Kier alpha value is -2.09. The van der Waals surface area contributed by atoms with Crippen LogP contribution < -0.4 is 5.32 Å². The number of amides is 1. The minimum Gasteiger partial charge on any atom is -0.321 e. The highest BCUT2D eigenvalue weighted by molar-refractivity contribution is 7.99. The van der Waals surface area contributed by atoms with Gasteiger partial charge >= 0.3 is 0 Å². The van der Waals surface area contributed by atoms with E-state index in [1.165, 1.54) is 16.8 Å². The van der Waals surface area contributed by atoms with E-state index in [2.05, 4.69) is 10.4 Å². The molecule has 28 heavy (non-hydrogen) atoms. The number of halogens is 4. The van der Waals surface area contributed by atoms with E-state index in [1.54, 1.807) is 13.0 Å². The summed E-state index contributed by atoms with van der Waals surface area (Å²) < 4.78 is 27.2. The largest absolute Gasteiger partial charge is 0.321 e. The molecular formula is C19H15Cl2F2N3OS. The third-order valence-corrected chi connectivity index (χ3v) is 5.55. The Labute approximate surface area is 174 Å². The van der Waals surface area contributed by atoms with Crippen LogP contribution in [0.4, 0.5) is 14.5 Å². The highest BCUT2D eigenvalue weighted by Crippen LogP contribution is 2.38. The van der Waals surface area contributed by atoms with Gasteiger partial charge in [0, 0.05) is 0 Å². The van der Waals surface area contributed by atoms with Gasteiger partial charge in [-0.05, 0) is 24.6 Å². The normalized spacial score (nSPS) is 11.1. The maximum atomic E-state index is 12.8. The van der Waals surface area contributed by atoms with Crippen molar-refractivity contribution in [2.24, 2.45) is 0 Å². The Kier molecular flexibility index (Phi) is 6.59. The summed E-state index contributed by atoms with van der Waals surface area (Å²) in [6.45, 7) is 2.06. The zero-order valence-corrected chi connectivity index (χ0v) is 17.0. The van der Waals surface area contributed by atoms with Crippen molar-refractivity contribution in [2.45, 2.75) is 24.1 Å². The molecular weight excluding hydrogens is 427 g/mol. The third kappa shape index (κ3) is 4.66. The second-order valence-corrected chi connectivity index (χ2v) is 7.61. The maximum Gasteiger partial charge on any atom is 0.289 e. The van der Waals surface area contributed by atoms with Crippen molar-refractivity contribution >= 4 is 46.6 Å². The molecule has 1 N–H and O–H groups in total. The van der Waals surface area contributed by atoms with Crippen LogP contribution in [0.2, 0.25) is 10.2 Å². The molecule has 1 aromatic heterocycles. The summed E-state index contributed by atoms with van der Waals surface area (Å²) in [5.74, 6) is -3.21. The second kappa shape index (κ2) is 8.94. The first-order valence-corrected chi connectivity index (χ1v) is 9.82. The van der Waals surface area contributed by atoms with Crippen LogP contribution in [-0.4, -0.2) is 21.4 Å². The van der Waals surface area contributed by atoms with E-state index < -0.39 is 11.7 Å². The molecule has 0 aliphatic carbocycles. The highest BCUT2D eigenvalue weighted by Gasteiger charge is 2.22. The monoisotopic (exact) mass is 441 g/mol. The smallest absolute Gasteiger partial charge is 0.289 e. The van der Waals surface area contributed by atoms with Crippen LogP contribution in [-0.2, 0) is 6.54 Å². The molecule has 0 unspecified atom stereocenters. The fraction of sp³-hybridized carbons (Fsp3) is 0.158. The molecule has 0 saturated heterocycles. The van der Waals surface area contributed by atoms with Crippen molar-refractivity contribution in [3.05, 3.63) is 75.5 Å². The van der Waals surface area contributed by atoms with Gasteiger partial charge in [0.15, 0.2) is 0 Å². The number of carbonyl (C=O) groups is 1. The minimum absolute atomic E-state index is 0.0953. The van der Waals surface area contributed by atoms with Crippen LogP contribution in [0.5, 0.6) is 0 Å². The first-order valence-electron chi connectivity index (χ1n) is 8.18. The summed E-state index contributed by atoms with van der Waals surface area (Å²) in [4.78, 5) is 12.9.